The number of thiazole rings is 1. The lowest BCUT2D eigenvalue weighted by molar-refractivity contribution is 0.102. The molecule has 6 nitrogen and oxygen atoms in total. The Hall–Kier alpha value is -2.90. The van der Waals surface area contributed by atoms with Crippen molar-refractivity contribution in [1.82, 2.24) is 15.2 Å². The fraction of sp³-hybridized carbons (Fsp3) is 0.320. The largest absolute Gasteiger partial charge is 0.338 e. The summed E-state index contributed by atoms with van der Waals surface area (Å²) in [5, 5.41) is 9.38. The first-order valence-corrected chi connectivity index (χ1v) is 12.5. The second-order valence-corrected chi connectivity index (χ2v) is 9.40. The van der Waals surface area contributed by atoms with Crippen molar-refractivity contribution in [3.8, 4) is 11.1 Å². The molecular formula is C25H27ClN4O2S. The number of hydrogen-bond donors (Lipinski definition) is 2. The Kier molecular flexibility index (Phi) is 7.62. The lowest BCUT2D eigenvalue weighted by atomic mass is 9.98. The molecule has 1 aliphatic heterocycles. The fourth-order valence-electron chi connectivity index (χ4n) is 3.91. The van der Waals surface area contributed by atoms with Gasteiger partial charge in [-0.05, 0) is 43.0 Å². The van der Waals surface area contributed by atoms with Crippen LogP contribution in [0.3, 0.4) is 0 Å². The van der Waals surface area contributed by atoms with E-state index in [-0.39, 0.29) is 17.9 Å². The van der Waals surface area contributed by atoms with Gasteiger partial charge < -0.3 is 15.5 Å². The number of para-hydroxylation sites is 1. The van der Waals surface area contributed by atoms with Gasteiger partial charge in [0.1, 0.15) is 5.69 Å². The number of nitrogens with zero attached hydrogens (tertiary/aromatic N) is 2. The first-order valence-electron chi connectivity index (χ1n) is 11.2. The van der Waals surface area contributed by atoms with Crippen molar-refractivity contribution in [3.63, 3.8) is 0 Å². The smallest absolute Gasteiger partial charge is 0.317 e. The van der Waals surface area contributed by atoms with Crippen molar-refractivity contribution >= 4 is 40.6 Å². The number of amides is 3. The van der Waals surface area contributed by atoms with E-state index in [1.54, 1.807) is 0 Å². The Balaban J connectivity index is 1.40. The normalized spacial score (nSPS) is 14.2. The van der Waals surface area contributed by atoms with Crippen molar-refractivity contribution in [1.29, 1.82) is 0 Å². The first kappa shape index (κ1) is 23.3. The van der Waals surface area contributed by atoms with E-state index < -0.39 is 0 Å². The molecule has 4 rings (SSSR count). The zero-order chi connectivity index (χ0) is 23.2. The number of carbonyl (C=O) groups is 2. The monoisotopic (exact) mass is 482 g/mol. The van der Waals surface area contributed by atoms with E-state index in [9.17, 15) is 9.59 Å². The molecule has 33 heavy (non-hydrogen) atoms. The number of nitrogens with one attached hydrogen (secondary N) is 2. The highest BCUT2D eigenvalue weighted by Crippen LogP contribution is 2.32. The molecule has 0 radical (unpaired) electrons. The molecule has 1 aromatic heterocycles. The Morgan fingerprint density at radius 2 is 1.85 bits per heavy atom. The topological polar surface area (TPSA) is 74.3 Å². The zero-order valence-electron chi connectivity index (χ0n) is 18.5. The second-order valence-electron chi connectivity index (χ2n) is 8.07. The van der Waals surface area contributed by atoms with Crippen LogP contribution in [0.15, 0.2) is 53.9 Å². The fourth-order valence-corrected chi connectivity index (χ4v) is 5.01. The number of rotatable bonds is 6. The second kappa shape index (κ2) is 10.8. The van der Waals surface area contributed by atoms with Gasteiger partial charge in [0, 0.05) is 47.2 Å². The van der Waals surface area contributed by atoms with E-state index in [1.807, 2.05) is 65.7 Å². The van der Waals surface area contributed by atoms with Crippen molar-refractivity contribution in [2.75, 3.05) is 25.0 Å². The van der Waals surface area contributed by atoms with E-state index in [0.717, 1.165) is 41.1 Å². The summed E-state index contributed by atoms with van der Waals surface area (Å²) < 4.78 is 0. The Bertz CT molecular complexity index is 1110. The van der Waals surface area contributed by atoms with E-state index in [4.69, 9.17) is 11.6 Å². The van der Waals surface area contributed by atoms with Crippen LogP contribution in [0.5, 0.6) is 0 Å². The number of piperidine rings is 1. The number of carbonyl (C=O) groups excluding carboxylic acids is 2. The van der Waals surface area contributed by atoms with Crippen LogP contribution in [0.4, 0.5) is 10.5 Å². The SMILES string of the molecule is CCCNC(=O)N1CCC(c2nc(C(=O)Nc3ccccc3-c3ccc(Cl)cc3)cs2)CC1. The molecule has 1 fully saturated rings. The molecule has 3 amide bonds. The third-order valence-corrected chi connectivity index (χ3v) is 7.00. The Labute approximate surface area is 203 Å². The van der Waals surface area contributed by atoms with E-state index in [0.29, 0.717) is 30.4 Å². The molecule has 172 valence electrons. The van der Waals surface area contributed by atoms with Crippen LogP contribution in [0.2, 0.25) is 5.02 Å². The average Bonchev–Trinajstić information content (AvgIpc) is 3.34. The molecule has 0 spiro atoms. The molecule has 8 heteroatoms. The summed E-state index contributed by atoms with van der Waals surface area (Å²) in [5.74, 6) is 0.0448. The minimum atomic E-state index is -0.227. The quantitative estimate of drug-likeness (QED) is 0.451. The molecule has 2 aromatic carbocycles. The number of urea groups is 1. The lowest BCUT2D eigenvalue weighted by Crippen LogP contribution is -2.44. The zero-order valence-corrected chi connectivity index (χ0v) is 20.1. The molecule has 0 aliphatic carbocycles. The molecule has 0 saturated carbocycles. The van der Waals surface area contributed by atoms with Crippen molar-refractivity contribution in [2.24, 2.45) is 0 Å². The number of likely N-dealkylation sites (tertiary alicyclic amines) is 1. The molecular weight excluding hydrogens is 456 g/mol. The summed E-state index contributed by atoms with van der Waals surface area (Å²) in [6.45, 7) is 4.15. The van der Waals surface area contributed by atoms with Gasteiger partial charge >= 0.3 is 6.03 Å². The third kappa shape index (κ3) is 5.72. The number of hydrogen-bond acceptors (Lipinski definition) is 4. The predicted octanol–water partition coefficient (Wildman–Crippen LogP) is 6.01. The minimum absolute atomic E-state index is 0.00820. The maximum absolute atomic E-state index is 12.9. The first-order chi connectivity index (χ1) is 16.0. The van der Waals surface area contributed by atoms with Gasteiger partial charge in [-0.15, -0.1) is 11.3 Å². The molecule has 3 aromatic rings. The van der Waals surface area contributed by atoms with E-state index in [2.05, 4.69) is 15.6 Å². The van der Waals surface area contributed by atoms with Crippen LogP contribution in [-0.2, 0) is 0 Å². The highest BCUT2D eigenvalue weighted by molar-refractivity contribution is 7.10. The maximum Gasteiger partial charge on any atom is 0.317 e. The van der Waals surface area contributed by atoms with Gasteiger partial charge in [-0.3, -0.25) is 4.79 Å². The predicted molar refractivity (Wildman–Crippen MR) is 134 cm³/mol. The number of anilines is 1. The van der Waals surface area contributed by atoms with Gasteiger partial charge in [-0.1, -0.05) is 48.9 Å². The van der Waals surface area contributed by atoms with Crippen LogP contribution >= 0.6 is 22.9 Å². The standard InChI is InChI=1S/C25H27ClN4O2S/c1-2-13-27-25(32)30-14-11-18(12-15-30)24-29-22(16-33-24)23(31)28-21-6-4-3-5-20(21)17-7-9-19(26)10-8-17/h3-10,16,18H,2,11-15H2,1H3,(H,27,32)(H,28,31). The van der Waals surface area contributed by atoms with Crippen molar-refractivity contribution < 1.29 is 9.59 Å². The number of halogens is 1. The molecule has 1 saturated heterocycles. The molecule has 0 atom stereocenters. The summed E-state index contributed by atoms with van der Waals surface area (Å²) in [6.07, 6.45) is 2.64. The van der Waals surface area contributed by atoms with Gasteiger partial charge in [0.05, 0.1) is 5.01 Å². The number of benzene rings is 2. The van der Waals surface area contributed by atoms with Gasteiger partial charge in [-0.2, -0.15) is 0 Å². The molecule has 2 N–H and O–H groups in total. The van der Waals surface area contributed by atoms with Gasteiger partial charge in [0.2, 0.25) is 0 Å². The Morgan fingerprint density at radius 3 is 2.58 bits per heavy atom. The van der Waals surface area contributed by atoms with Crippen LogP contribution in [0.25, 0.3) is 11.1 Å². The molecule has 0 unspecified atom stereocenters. The van der Waals surface area contributed by atoms with Gasteiger partial charge in [0.25, 0.3) is 5.91 Å². The molecule has 1 aliphatic rings. The summed E-state index contributed by atoms with van der Waals surface area (Å²) >= 11 is 7.53. The highest BCUT2D eigenvalue weighted by Gasteiger charge is 2.26. The highest BCUT2D eigenvalue weighted by atomic mass is 35.5. The van der Waals surface area contributed by atoms with Crippen LogP contribution in [0, 0.1) is 0 Å². The third-order valence-electron chi connectivity index (χ3n) is 5.74. The maximum atomic E-state index is 12.9. The lowest BCUT2D eigenvalue weighted by Gasteiger charge is -2.31. The summed E-state index contributed by atoms with van der Waals surface area (Å²) in [5.41, 5.74) is 3.05. The van der Waals surface area contributed by atoms with Gasteiger partial charge in [-0.25, -0.2) is 9.78 Å². The Morgan fingerprint density at radius 1 is 1.12 bits per heavy atom. The molecule has 2 heterocycles. The van der Waals surface area contributed by atoms with Crippen LogP contribution in [0.1, 0.15) is 47.6 Å². The summed E-state index contributed by atoms with van der Waals surface area (Å²) in [7, 11) is 0. The van der Waals surface area contributed by atoms with E-state index >= 15 is 0 Å². The minimum Gasteiger partial charge on any atom is -0.338 e. The van der Waals surface area contributed by atoms with Crippen LogP contribution in [-0.4, -0.2) is 41.5 Å². The number of aromatic nitrogens is 1. The summed E-state index contributed by atoms with van der Waals surface area (Å²) in [4.78, 5) is 31.6. The van der Waals surface area contributed by atoms with Gasteiger partial charge in [0.15, 0.2) is 0 Å². The van der Waals surface area contributed by atoms with Crippen molar-refractivity contribution in [3.05, 3.63) is 69.6 Å². The molecule has 0 bridgehead atoms. The van der Waals surface area contributed by atoms with E-state index in [1.165, 1.54) is 11.3 Å². The van der Waals surface area contributed by atoms with Crippen molar-refractivity contribution in [2.45, 2.75) is 32.1 Å². The average molecular weight is 483 g/mol. The van der Waals surface area contributed by atoms with Crippen LogP contribution < -0.4 is 10.6 Å². The summed E-state index contributed by atoms with van der Waals surface area (Å²) in [6, 6.07) is 15.2.